The van der Waals surface area contributed by atoms with Gasteiger partial charge in [-0.25, -0.2) is 4.68 Å². The van der Waals surface area contributed by atoms with Crippen molar-refractivity contribution >= 4 is 0 Å². The number of aromatic nitrogens is 2. The molecule has 102 valence electrons. The molecule has 0 aromatic carbocycles. The van der Waals surface area contributed by atoms with Crippen molar-refractivity contribution in [1.82, 2.24) is 9.78 Å². The maximum absolute atomic E-state index is 10.5. The molecule has 18 heavy (non-hydrogen) atoms. The van der Waals surface area contributed by atoms with Crippen molar-refractivity contribution in [3.05, 3.63) is 11.8 Å². The summed E-state index contributed by atoms with van der Waals surface area (Å²) in [5.74, 6) is 2.48. The Morgan fingerprint density at radius 1 is 1.39 bits per heavy atom. The Kier molecular flexibility index (Phi) is 3.95. The largest absolute Gasteiger partial charge is 0.481 e. The number of ether oxygens (including phenoxy) is 1. The van der Waals surface area contributed by atoms with E-state index in [1.54, 1.807) is 11.8 Å². The van der Waals surface area contributed by atoms with E-state index in [-0.39, 0.29) is 0 Å². The van der Waals surface area contributed by atoms with Crippen molar-refractivity contribution in [3.63, 3.8) is 0 Å². The summed E-state index contributed by atoms with van der Waals surface area (Å²) in [6.45, 7) is 4.58. The average Bonchev–Trinajstić information content (AvgIpc) is 2.73. The molecule has 2 rings (SSSR count). The van der Waals surface area contributed by atoms with Crippen molar-refractivity contribution in [2.45, 2.75) is 39.2 Å². The van der Waals surface area contributed by atoms with Gasteiger partial charge in [-0.3, -0.25) is 0 Å². The van der Waals surface area contributed by atoms with Gasteiger partial charge in [-0.15, -0.1) is 0 Å². The Labute approximate surface area is 109 Å². The number of aliphatic hydroxyl groups excluding tert-OH is 1. The minimum Gasteiger partial charge on any atom is -0.481 e. The molecule has 0 spiro atoms. The fourth-order valence-electron chi connectivity index (χ4n) is 2.92. The molecular formula is C14H24N2O2. The lowest BCUT2D eigenvalue weighted by atomic mass is 9.73. The highest BCUT2D eigenvalue weighted by atomic mass is 16.5. The van der Waals surface area contributed by atoms with Gasteiger partial charge in [0.25, 0.3) is 0 Å². The van der Waals surface area contributed by atoms with E-state index < -0.39 is 6.10 Å². The molecule has 1 aliphatic carbocycles. The maximum Gasteiger partial charge on any atom is 0.211 e. The fourth-order valence-corrected chi connectivity index (χ4v) is 2.92. The van der Waals surface area contributed by atoms with Crippen LogP contribution in [0.25, 0.3) is 0 Å². The van der Waals surface area contributed by atoms with Gasteiger partial charge in [0.15, 0.2) is 0 Å². The van der Waals surface area contributed by atoms with E-state index in [4.69, 9.17) is 4.74 Å². The van der Waals surface area contributed by atoms with E-state index in [2.05, 4.69) is 18.9 Å². The Morgan fingerprint density at radius 3 is 2.67 bits per heavy atom. The molecule has 0 saturated heterocycles. The lowest BCUT2D eigenvalue weighted by Gasteiger charge is -2.34. The number of methoxy groups -OCH3 is 1. The van der Waals surface area contributed by atoms with E-state index in [9.17, 15) is 5.11 Å². The summed E-state index contributed by atoms with van der Waals surface area (Å²) in [6, 6.07) is 1.84. The second-order valence-electron chi connectivity index (χ2n) is 5.71. The van der Waals surface area contributed by atoms with Gasteiger partial charge in [0.2, 0.25) is 5.88 Å². The van der Waals surface area contributed by atoms with Crippen molar-refractivity contribution in [1.29, 1.82) is 0 Å². The minimum atomic E-state index is -0.463. The first-order valence-electron chi connectivity index (χ1n) is 6.79. The van der Waals surface area contributed by atoms with Gasteiger partial charge in [-0.05, 0) is 30.6 Å². The smallest absolute Gasteiger partial charge is 0.211 e. The first-order valence-corrected chi connectivity index (χ1v) is 6.79. The normalized spacial score (nSPS) is 30.2. The zero-order valence-electron chi connectivity index (χ0n) is 11.8. The molecule has 1 aliphatic rings. The second-order valence-corrected chi connectivity index (χ2v) is 5.71. The van der Waals surface area contributed by atoms with Crippen LogP contribution >= 0.6 is 0 Å². The molecule has 1 aromatic heterocycles. The summed E-state index contributed by atoms with van der Waals surface area (Å²) in [5, 5.41) is 14.8. The zero-order chi connectivity index (χ0) is 13.3. The Balaban J connectivity index is 2.08. The van der Waals surface area contributed by atoms with E-state index in [1.807, 2.05) is 13.1 Å². The summed E-state index contributed by atoms with van der Waals surface area (Å²) in [6.07, 6.45) is 2.91. The molecule has 4 unspecified atom stereocenters. The van der Waals surface area contributed by atoms with Gasteiger partial charge in [-0.1, -0.05) is 20.3 Å². The highest BCUT2D eigenvalue weighted by Gasteiger charge is 2.31. The molecule has 4 atom stereocenters. The number of hydrogen-bond acceptors (Lipinski definition) is 3. The number of rotatable bonds is 3. The van der Waals surface area contributed by atoms with Gasteiger partial charge in [-0.2, -0.15) is 5.10 Å². The van der Waals surface area contributed by atoms with Crippen molar-refractivity contribution in [2.75, 3.05) is 7.11 Å². The fraction of sp³-hybridized carbons (Fsp3) is 0.786. The third kappa shape index (κ3) is 2.53. The SMILES string of the molecule is COc1cc(C(O)C2CCC(C)C(C)C2)nn1C. The Hall–Kier alpha value is -1.03. The van der Waals surface area contributed by atoms with E-state index in [1.165, 1.54) is 6.42 Å². The topological polar surface area (TPSA) is 47.3 Å². The summed E-state index contributed by atoms with van der Waals surface area (Å²) in [5.41, 5.74) is 0.737. The zero-order valence-corrected chi connectivity index (χ0v) is 11.8. The summed E-state index contributed by atoms with van der Waals surface area (Å²) < 4.78 is 6.86. The van der Waals surface area contributed by atoms with Crippen molar-refractivity contribution < 1.29 is 9.84 Å². The predicted molar refractivity (Wildman–Crippen MR) is 70.4 cm³/mol. The van der Waals surface area contributed by atoms with Gasteiger partial charge in [0, 0.05) is 13.1 Å². The number of nitrogens with zero attached hydrogens (tertiary/aromatic N) is 2. The Bertz CT molecular complexity index is 402. The molecule has 1 aromatic rings. The standard InChI is InChI=1S/C14H24N2O2/c1-9-5-6-11(7-10(9)2)14(17)12-8-13(18-4)16(3)15-12/h8-11,14,17H,5-7H2,1-4H3. The van der Waals surface area contributed by atoms with Crippen LogP contribution in [0.3, 0.4) is 0 Å². The number of aryl methyl sites for hydroxylation is 1. The maximum atomic E-state index is 10.5. The molecule has 0 aliphatic heterocycles. The molecule has 1 saturated carbocycles. The van der Waals surface area contributed by atoms with Crippen LogP contribution in [0, 0.1) is 17.8 Å². The van der Waals surface area contributed by atoms with E-state index in [0.29, 0.717) is 17.7 Å². The number of hydrogen-bond donors (Lipinski definition) is 1. The van der Waals surface area contributed by atoms with Gasteiger partial charge < -0.3 is 9.84 Å². The van der Waals surface area contributed by atoms with Crippen LogP contribution in [0.1, 0.15) is 44.9 Å². The predicted octanol–water partition coefficient (Wildman–Crippen LogP) is 2.53. The Morgan fingerprint density at radius 2 is 2.11 bits per heavy atom. The van der Waals surface area contributed by atoms with Gasteiger partial charge in [0.05, 0.1) is 12.8 Å². The van der Waals surface area contributed by atoms with Gasteiger partial charge >= 0.3 is 0 Å². The first-order chi connectivity index (χ1) is 8.52. The third-order valence-electron chi connectivity index (χ3n) is 4.45. The monoisotopic (exact) mass is 252 g/mol. The van der Waals surface area contributed by atoms with Crippen LogP contribution in [-0.4, -0.2) is 22.0 Å². The molecular weight excluding hydrogens is 228 g/mol. The molecule has 0 bridgehead atoms. The van der Waals surface area contributed by atoms with Gasteiger partial charge in [0.1, 0.15) is 6.10 Å². The van der Waals surface area contributed by atoms with E-state index in [0.717, 1.165) is 24.5 Å². The second kappa shape index (κ2) is 5.31. The highest BCUT2D eigenvalue weighted by molar-refractivity contribution is 5.18. The molecule has 1 N–H and O–H groups in total. The molecule has 4 nitrogen and oxygen atoms in total. The third-order valence-corrected chi connectivity index (χ3v) is 4.45. The van der Waals surface area contributed by atoms with Crippen LogP contribution in [0.2, 0.25) is 0 Å². The van der Waals surface area contributed by atoms with E-state index >= 15 is 0 Å². The van der Waals surface area contributed by atoms with Crippen LogP contribution in [-0.2, 0) is 7.05 Å². The average molecular weight is 252 g/mol. The summed E-state index contributed by atoms with van der Waals surface area (Å²) in [4.78, 5) is 0. The molecule has 1 heterocycles. The molecule has 0 amide bonds. The highest BCUT2D eigenvalue weighted by Crippen LogP contribution is 2.39. The van der Waals surface area contributed by atoms with Crippen LogP contribution in [0.5, 0.6) is 5.88 Å². The van der Waals surface area contributed by atoms with Crippen molar-refractivity contribution in [2.24, 2.45) is 24.8 Å². The number of aliphatic hydroxyl groups is 1. The van der Waals surface area contributed by atoms with Crippen LogP contribution < -0.4 is 4.74 Å². The lowest BCUT2D eigenvalue weighted by Crippen LogP contribution is -2.25. The van der Waals surface area contributed by atoms with Crippen LogP contribution in [0.15, 0.2) is 6.07 Å². The first kappa shape index (κ1) is 13.4. The quantitative estimate of drug-likeness (QED) is 0.899. The van der Waals surface area contributed by atoms with Crippen LogP contribution in [0.4, 0.5) is 0 Å². The summed E-state index contributed by atoms with van der Waals surface area (Å²) >= 11 is 0. The molecule has 1 fully saturated rings. The molecule has 0 radical (unpaired) electrons. The minimum absolute atomic E-state index is 0.329. The lowest BCUT2D eigenvalue weighted by molar-refractivity contribution is 0.0528. The van der Waals surface area contributed by atoms with Crippen molar-refractivity contribution in [3.8, 4) is 5.88 Å². The summed E-state index contributed by atoms with van der Waals surface area (Å²) in [7, 11) is 3.46. The molecule has 4 heteroatoms.